The van der Waals surface area contributed by atoms with E-state index >= 15 is 0 Å². The Hall–Kier alpha value is -2.30. The van der Waals surface area contributed by atoms with Crippen molar-refractivity contribution in [1.29, 1.82) is 5.26 Å². The van der Waals surface area contributed by atoms with E-state index in [-0.39, 0.29) is 12.0 Å². The Morgan fingerprint density at radius 1 is 1.13 bits per heavy atom. The zero-order valence-electron chi connectivity index (χ0n) is 17.4. The Labute approximate surface area is 177 Å². The van der Waals surface area contributed by atoms with Crippen LogP contribution in [0, 0.1) is 28.6 Å². The van der Waals surface area contributed by atoms with Crippen molar-refractivity contribution in [2.45, 2.75) is 38.2 Å². The average molecular weight is 414 g/mol. The number of carboxylic acid groups (broad SMARTS) is 1. The first-order valence-corrected chi connectivity index (χ1v) is 11.0. The van der Waals surface area contributed by atoms with Crippen molar-refractivity contribution in [2.24, 2.45) is 17.3 Å². The highest BCUT2D eigenvalue weighted by atomic mass is 16.5. The molecule has 30 heavy (non-hydrogen) atoms. The van der Waals surface area contributed by atoms with Crippen LogP contribution in [-0.2, 0) is 0 Å². The number of rotatable bonds is 5. The van der Waals surface area contributed by atoms with Gasteiger partial charge in [0.05, 0.1) is 11.6 Å². The molecule has 1 amide bonds. The molecule has 3 unspecified atom stereocenters. The molecule has 3 atom stereocenters. The summed E-state index contributed by atoms with van der Waals surface area (Å²) in [4.78, 5) is 15.5. The maximum absolute atomic E-state index is 11.6. The Kier molecular flexibility index (Phi) is 6.16. The van der Waals surface area contributed by atoms with E-state index in [1.54, 1.807) is 29.2 Å². The smallest absolute Gasteiger partial charge is 0.407 e. The van der Waals surface area contributed by atoms with Crippen molar-refractivity contribution in [3.63, 3.8) is 0 Å². The molecule has 3 fully saturated rings. The first kappa shape index (κ1) is 21.0. The number of amides is 1. The zero-order chi connectivity index (χ0) is 21.1. The van der Waals surface area contributed by atoms with Gasteiger partial charge < -0.3 is 19.8 Å². The standard InChI is InChI=1S/C23H31N3O4/c24-10-17-4-6-21(7-5-17)30-16-20(27)15-25-11-18-13-26(22(28)29)14-19(12-25)23(18)8-2-1-3-9-23/h4-7,18-20,27H,1-3,8-9,11-16H2,(H,28,29). The summed E-state index contributed by atoms with van der Waals surface area (Å²) in [5.41, 5.74) is 0.861. The van der Waals surface area contributed by atoms with E-state index in [0.29, 0.717) is 42.8 Å². The lowest BCUT2D eigenvalue weighted by atomic mass is 9.55. The van der Waals surface area contributed by atoms with Crippen LogP contribution in [0.1, 0.15) is 37.7 Å². The lowest BCUT2D eigenvalue weighted by Gasteiger charge is -2.59. The van der Waals surface area contributed by atoms with Gasteiger partial charge in [0, 0.05) is 32.7 Å². The molecule has 2 aliphatic heterocycles. The Bertz CT molecular complexity index is 767. The molecule has 162 valence electrons. The third-order valence-electron chi connectivity index (χ3n) is 7.41. The fourth-order valence-electron chi connectivity index (χ4n) is 5.98. The van der Waals surface area contributed by atoms with E-state index in [0.717, 1.165) is 13.1 Å². The van der Waals surface area contributed by atoms with Gasteiger partial charge in [0.2, 0.25) is 0 Å². The van der Waals surface area contributed by atoms with Crippen LogP contribution in [0.5, 0.6) is 5.75 Å². The second kappa shape index (κ2) is 8.83. The number of hydrogen-bond donors (Lipinski definition) is 2. The summed E-state index contributed by atoms with van der Waals surface area (Å²) in [6.45, 7) is 3.64. The highest BCUT2D eigenvalue weighted by molar-refractivity contribution is 5.65. The van der Waals surface area contributed by atoms with Crippen LogP contribution in [0.4, 0.5) is 4.79 Å². The van der Waals surface area contributed by atoms with Crippen LogP contribution in [0.2, 0.25) is 0 Å². The fourth-order valence-corrected chi connectivity index (χ4v) is 5.98. The van der Waals surface area contributed by atoms with Crippen LogP contribution >= 0.6 is 0 Å². The SMILES string of the molecule is N#Cc1ccc(OCC(O)CN2CC3CN(C(=O)O)CC(C2)C32CCCCC2)cc1. The predicted molar refractivity (Wildman–Crippen MR) is 111 cm³/mol. The van der Waals surface area contributed by atoms with E-state index in [2.05, 4.69) is 11.0 Å². The molecule has 0 aromatic heterocycles. The monoisotopic (exact) mass is 413 g/mol. The first-order chi connectivity index (χ1) is 14.5. The van der Waals surface area contributed by atoms with Crippen molar-refractivity contribution < 1.29 is 19.7 Å². The summed E-state index contributed by atoms with van der Waals surface area (Å²) < 4.78 is 5.69. The molecule has 2 saturated heterocycles. The van der Waals surface area contributed by atoms with Gasteiger partial charge in [-0.2, -0.15) is 5.26 Å². The number of benzene rings is 1. The van der Waals surface area contributed by atoms with Crippen molar-refractivity contribution >= 4 is 6.09 Å². The van der Waals surface area contributed by atoms with Gasteiger partial charge in [-0.05, 0) is 54.4 Å². The van der Waals surface area contributed by atoms with Crippen LogP contribution in [0.3, 0.4) is 0 Å². The van der Waals surface area contributed by atoms with Gasteiger partial charge in [-0.1, -0.05) is 19.3 Å². The minimum Gasteiger partial charge on any atom is -0.491 e. The predicted octanol–water partition coefficient (Wildman–Crippen LogP) is 2.79. The third-order valence-corrected chi connectivity index (χ3v) is 7.41. The summed E-state index contributed by atoms with van der Waals surface area (Å²) in [6.07, 6.45) is 4.81. The summed E-state index contributed by atoms with van der Waals surface area (Å²) in [6, 6.07) is 8.95. The van der Waals surface area contributed by atoms with E-state index in [1.807, 2.05) is 0 Å². The highest BCUT2D eigenvalue weighted by Gasteiger charge is 2.54. The summed E-state index contributed by atoms with van der Waals surface area (Å²) in [5.74, 6) is 1.32. The molecule has 1 spiro atoms. The van der Waals surface area contributed by atoms with E-state index in [1.165, 1.54) is 32.1 Å². The molecular formula is C23H31N3O4. The molecule has 7 heteroatoms. The molecule has 1 aromatic rings. The quantitative estimate of drug-likeness (QED) is 0.770. The summed E-state index contributed by atoms with van der Waals surface area (Å²) in [5, 5.41) is 28.9. The Balaban J connectivity index is 1.35. The fraction of sp³-hybridized carbons (Fsp3) is 0.652. The van der Waals surface area contributed by atoms with Crippen molar-refractivity contribution in [1.82, 2.24) is 9.80 Å². The van der Waals surface area contributed by atoms with Gasteiger partial charge in [-0.15, -0.1) is 0 Å². The highest BCUT2D eigenvalue weighted by Crippen LogP contribution is 2.53. The van der Waals surface area contributed by atoms with Gasteiger partial charge in [0.1, 0.15) is 18.5 Å². The maximum Gasteiger partial charge on any atom is 0.407 e. The molecule has 0 radical (unpaired) electrons. The largest absolute Gasteiger partial charge is 0.491 e. The lowest BCUT2D eigenvalue weighted by Crippen LogP contribution is -2.65. The number of nitrogens with zero attached hydrogens (tertiary/aromatic N) is 3. The number of piperidine rings is 2. The minimum absolute atomic E-state index is 0.199. The van der Waals surface area contributed by atoms with Crippen LogP contribution in [-0.4, -0.2) is 71.5 Å². The van der Waals surface area contributed by atoms with Gasteiger partial charge in [0.25, 0.3) is 0 Å². The van der Waals surface area contributed by atoms with Gasteiger partial charge in [-0.3, -0.25) is 4.90 Å². The molecular weight excluding hydrogens is 382 g/mol. The molecule has 1 aliphatic carbocycles. The number of nitriles is 1. The summed E-state index contributed by atoms with van der Waals surface area (Å²) >= 11 is 0. The van der Waals surface area contributed by atoms with Crippen LogP contribution in [0.25, 0.3) is 0 Å². The van der Waals surface area contributed by atoms with Crippen molar-refractivity contribution in [2.75, 3.05) is 39.3 Å². The number of aliphatic hydroxyl groups is 1. The molecule has 1 saturated carbocycles. The van der Waals surface area contributed by atoms with Crippen LogP contribution < -0.4 is 4.74 Å². The van der Waals surface area contributed by atoms with Crippen LogP contribution in [0.15, 0.2) is 24.3 Å². The second-order valence-electron chi connectivity index (χ2n) is 9.19. The van der Waals surface area contributed by atoms with Gasteiger partial charge >= 0.3 is 6.09 Å². The van der Waals surface area contributed by atoms with E-state index < -0.39 is 12.2 Å². The molecule has 2 N–H and O–H groups in total. The third kappa shape index (κ3) is 4.26. The molecule has 1 aromatic carbocycles. The number of likely N-dealkylation sites (tertiary alicyclic amines) is 2. The number of aliphatic hydroxyl groups excluding tert-OH is 1. The molecule has 7 nitrogen and oxygen atoms in total. The molecule has 2 bridgehead atoms. The lowest BCUT2D eigenvalue weighted by molar-refractivity contribution is -0.110. The zero-order valence-corrected chi connectivity index (χ0v) is 17.4. The Morgan fingerprint density at radius 2 is 1.77 bits per heavy atom. The number of carbonyl (C=O) groups is 1. The molecule has 3 aliphatic rings. The molecule has 2 heterocycles. The number of hydrogen-bond acceptors (Lipinski definition) is 5. The average Bonchev–Trinajstić information content (AvgIpc) is 2.74. The topological polar surface area (TPSA) is 97.0 Å². The van der Waals surface area contributed by atoms with Crippen molar-refractivity contribution in [3.8, 4) is 11.8 Å². The number of ether oxygens (including phenoxy) is 1. The van der Waals surface area contributed by atoms with Gasteiger partial charge in [0.15, 0.2) is 0 Å². The van der Waals surface area contributed by atoms with Gasteiger partial charge in [-0.25, -0.2) is 4.79 Å². The van der Waals surface area contributed by atoms with Crippen molar-refractivity contribution in [3.05, 3.63) is 29.8 Å². The normalized spacial score (nSPS) is 26.7. The maximum atomic E-state index is 11.6. The molecule has 4 rings (SSSR count). The summed E-state index contributed by atoms with van der Waals surface area (Å²) in [7, 11) is 0. The number of β-amino-alcohol motifs (C(OH)–C–C–N with tert-alkyl or cyclic N) is 1. The minimum atomic E-state index is -0.806. The first-order valence-electron chi connectivity index (χ1n) is 11.0. The second-order valence-corrected chi connectivity index (χ2v) is 9.19. The van der Waals surface area contributed by atoms with E-state index in [4.69, 9.17) is 10.00 Å². The Morgan fingerprint density at radius 3 is 2.33 bits per heavy atom. The van der Waals surface area contributed by atoms with E-state index in [9.17, 15) is 15.0 Å².